The monoisotopic (exact) mass is 253 g/mol. The third-order valence-corrected chi connectivity index (χ3v) is 2.84. The second kappa shape index (κ2) is 6.23. The summed E-state index contributed by atoms with van der Waals surface area (Å²) in [5.74, 6) is -0.945. The molecule has 1 amide bonds. The first-order valence-electron chi connectivity index (χ1n) is 6.05. The van der Waals surface area contributed by atoms with Gasteiger partial charge in [0, 0.05) is 13.0 Å². The molecule has 0 saturated heterocycles. The van der Waals surface area contributed by atoms with E-state index in [0.717, 1.165) is 12.2 Å². The van der Waals surface area contributed by atoms with Crippen LogP contribution >= 0.6 is 0 Å². The minimum absolute atomic E-state index is 0.0365. The zero-order valence-electron chi connectivity index (χ0n) is 10.9. The maximum absolute atomic E-state index is 11.7. The summed E-state index contributed by atoms with van der Waals surface area (Å²) in [6.45, 7) is 5.66. The molecule has 0 bridgehead atoms. The van der Waals surface area contributed by atoms with Crippen molar-refractivity contribution in [2.45, 2.75) is 27.2 Å². The molecule has 1 atom stereocenters. The molecule has 0 aliphatic heterocycles. The molecular weight excluding hydrogens is 234 g/mol. The summed E-state index contributed by atoms with van der Waals surface area (Å²) >= 11 is 0. The largest absolute Gasteiger partial charge is 0.481 e. The Balaban J connectivity index is 2.57. The molecule has 0 radical (unpaired) electrons. The number of carboxylic acid groups (broad SMARTS) is 1. The van der Waals surface area contributed by atoms with Gasteiger partial charge < -0.3 is 14.8 Å². The highest BCUT2D eigenvalue weighted by atomic mass is 16.4. The summed E-state index contributed by atoms with van der Waals surface area (Å²) in [5.41, 5.74) is 0. The standard InChI is InChI=1S/C13H19NO4/c1-4-9-5-6-11(18-9)12(15)14-7-10(8(2)3)13(16)17/h5-6,8,10H,4,7H2,1-3H3,(H,14,15)(H,16,17). The Morgan fingerprint density at radius 3 is 2.50 bits per heavy atom. The van der Waals surface area contributed by atoms with Crippen LogP contribution in [0, 0.1) is 11.8 Å². The fourth-order valence-corrected chi connectivity index (χ4v) is 1.59. The highest BCUT2D eigenvalue weighted by Crippen LogP contribution is 2.11. The molecule has 0 aliphatic carbocycles. The highest BCUT2D eigenvalue weighted by Gasteiger charge is 2.22. The van der Waals surface area contributed by atoms with Gasteiger partial charge in [0.1, 0.15) is 5.76 Å². The molecule has 1 heterocycles. The van der Waals surface area contributed by atoms with Crippen LogP contribution in [-0.2, 0) is 11.2 Å². The fraction of sp³-hybridized carbons (Fsp3) is 0.538. The van der Waals surface area contributed by atoms with Gasteiger partial charge in [0.25, 0.3) is 5.91 Å². The van der Waals surface area contributed by atoms with Crippen molar-refractivity contribution in [1.82, 2.24) is 5.32 Å². The van der Waals surface area contributed by atoms with Crippen LogP contribution in [0.4, 0.5) is 0 Å². The SMILES string of the molecule is CCc1ccc(C(=O)NCC(C(=O)O)C(C)C)o1. The maximum Gasteiger partial charge on any atom is 0.308 e. The summed E-state index contributed by atoms with van der Waals surface area (Å²) in [5, 5.41) is 11.6. The predicted octanol–water partition coefficient (Wildman–Crippen LogP) is 1.93. The summed E-state index contributed by atoms with van der Waals surface area (Å²) in [6, 6.07) is 3.34. The van der Waals surface area contributed by atoms with Crippen molar-refractivity contribution in [2.24, 2.45) is 11.8 Å². The Morgan fingerprint density at radius 1 is 1.39 bits per heavy atom. The lowest BCUT2D eigenvalue weighted by atomic mass is 9.96. The summed E-state index contributed by atoms with van der Waals surface area (Å²) in [7, 11) is 0. The van der Waals surface area contributed by atoms with Gasteiger partial charge >= 0.3 is 5.97 Å². The van der Waals surface area contributed by atoms with Crippen LogP contribution in [0.1, 0.15) is 37.1 Å². The van der Waals surface area contributed by atoms with Crippen LogP contribution in [0.15, 0.2) is 16.5 Å². The van der Waals surface area contributed by atoms with E-state index in [1.54, 1.807) is 12.1 Å². The Morgan fingerprint density at radius 2 is 2.06 bits per heavy atom. The molecule has 1 aromatic heterocycles. The van der Waals surface area contributed by atoms with Crippen LogP contribution in [-0.4, -0.2) is 23.5 Å². The van der Waals surface area contributed by atoms with Crippen molar-refractivity contribution in [1.29, 1.82) is 0 Å². The normalized spacial score (nSPS) is 12.4. The van der Waals surface area contributed by atoms with Crippen molar-refractivity contribution >= 4 is 11.9 Å². The number of nitrogens with one attached hydrogen (secondary N) is 1. The van der Waals surface area contributed by atoms with Gasteiger partial charge in [0.15, 0.2) is 5.76 Å². The average molecular weight is 253 g/mol. The first-order valence-corrected chi connectivity index (χ1v) is 6.05. The van der Waals surface area contributed by atoms with Crippen LogP contribution in [0.5, 0.6) is 0 Å². The van der Waals surface area contributed by atoms with Gasteiger partial charge in [-0.25, -0.2) is 0 Å². The fourth-order valence-electron chi connectivity index (χ4n) is 1.59. The van der Waals surface area contributed by atoms with Crippen molar-refractivity contribution in [3.05, 3.63) is 23.7 Å². The van der Waals surface area contributed by atoms with Gasteiger partial charge in [0.2, 0.25) is 0 Å². The van der Waals surface area contributed by atoms with Gasteiger partial charge in [-0.15, -0.1) is 0 Å². The van der Waals surface area contributed by atoms with E-state index in [9.17, 15) is 9.59 Å². The number of aliphatic carboxylic acids is 1. The molecule has 100 valence electrons. The van der Waals surface area contributed by atoms with E-state index in [-0.39, 0.29) is 24.1 Å². The molecule has 0 aromatic carbocycles. The van der Waals surface area contributed by atoms with Crippen LogP contribution in [0.2, 0.25) is 0 Å². The third kappa shape index (κ3) is 3.61. The topological polar surface area (TPSA) is 79.5 Å². The average Bonchev–Trinajstić information content (AvgIpc) is 2.76. The van der Waals surface area contributed by atoms with Gasteiger partial charge in [-0.3, -0.25) is 9.59 Å². The molecule has 0 spiro atoms. The number of carbonyl (C=O) groups is 2. The molecular formula is C13H19NO4. The van der Waals surface area contributed by atoms with Crippen molar-refractivity contribution in [3.8, 4) is 0 Å². The highest BCUT2D eigenvalue weighted by molar-refractivity contribution is 5.91. The molecule has 1 rings (SSSR count). The quantitative estimate of drug-likeness (QED) is 0.811. The minimum Gasteiger partial charge on any atom is -0.481 e. The first-order chi connectivity index (χ1) is 8.45. The van der Waals surface area contributed by atoms with Crippen LogP contribution in [0.3, 0.4) is 0 Å². The molecule has 1 aromatic rings. The van der Waals surface area contributed by atoms with E-state index >= 15 is 0 Å². The zero-order valence-corrected chi connectivity index (χ0v) is 10.9. The van der Waals surface area contributed by atoms with Crippen molar-refractivity contribution in [3.63, 3.8) is 0 Å². The summed E-state index contributed by atoms with van der Waals surface area (Å²) < 4.78 is 5.29. The van der Waals surface area contributed by atoms with E-state index in [2.05, 4.69) is 5.32 Å². The number of aryl methyl sites for hydroxylation is 1. The summed E-state index contributed by atoms with van der Waals surface area (Å²) in [6.07, 6.45) is 0.719. The van der Waals surface area contributed by atoms with Crippen molar-refractivity contribution in [2.75, 3.05) is 6.54 Å². The van der Waals surface area contributed by atoms with Gasteiger partial charge in [-0.05, 0) is 18.1 Å². The number of rotatable bonds is 6. The number of furan rings is 1. The van der Waals surface area contributed by atoms with E-state index in [0.29, 0.717) is 0 Å². The molecule has 0 aliphatic rings. The van der Waals surface area contributed by atoms with Crippen LogP contribution < -0.4 is 5.32 Å². The lowest BCUT2D eigenvalue weighted by molar-refractivity contribution is -0.142. The molecule has 5 nitrogen and oxygen atoms in total. The van der Waals surface area contributed by atoms with Crippen molar-refractivity contribution < 1.29 is 19.1 Å². The number of hydrogen-bond acceptors (Lipinski definition) is 3. The molecule has 0 fully saturated rings. The zero-order chi connectivity index (χ0) is 13.7. The van der Waals surface area contributed by atoms with E-state index in [4.69, 9.17) is 9.52 Å². The lowest BCUT2D eigenvalue weighted by Crippen LogP contribution is -2.35. The molecule has 1 unspecified atom stereocenters. The Hall–Kier alpha value is -1.78. The Labute approximate surface area is 106 Å². The predicted molar refractivity (Wildman–Crippen MR) is 66.4 cm³/mol. The number of amides is 1. The smallest absolute Gasteiger partial charge is 0.308 e. The van der Waals surface area contributed by atoms with E-state index in [1.165, 1.54) is 0 Å². The Kier molecular flexibility index (Phi) is 4.95. The van der Waals surface area contributed by atoms with Crippen LogP contribution in [0.25, 0.3) is 0 Å². The second-order valence-electron chi connectivity index (χ2n) is 4.52. The van der Waals surface area contributed by atoms with E-state index in [1.807, 2.05) is 20.8 Å². The minimum atomic E-state index is -0.904. The first kappa shape index (κ1) is 14.3. The maximum atomic E-state index is 11.7. The number of carbonyl (C=O) groups excluding carboxylic acids is 1. The Bertz CT molecular complexity index is 422. The number of carboxylic acids is 1. The molecule has 5 heteroatoms. The summed E-state index contributed by atoms with van der Waals surface area (Å²) in [4.78, 5) is 22.7. The molecule has 0 saturated carbocycles. The van der Waals surface area contributed by atoms with E-state index < -0.39 is 11.9 Å². The molecule has 2 N–H and O–H groups in total. The number of hydrogen-bond donors (Lipinski definition) is 2. The second-order valence-corrected chi connectivity index (χ2v) is 4.52. The van der Waals surface area contributed by atoms with Gasteiger partial charge in [-0.2, -0.15) is 0 Å². The third-order valence-electron chi connectivity index (χ3n) is 2.84. The molecule has 18 heavy (non-hydrogen) atoms. The lowest BCUT2D eigenvalue weighted by Gasteiger charge is -2.16. The van der Waals surface area contributed by atoms with Gasteiger partial charge in [-0.1, -0.05) is 20.8 Å². The van der Waals surface area contributed by atoms with Gasteiger partial charge in [0.05, 0.1) is 5.92 Å².